The molecule has 0 atom stereocenters. The average Bonchev–Trinajstić information content (AvgIpc) is 2.85. The first-order valence-electron chi connectivity index (χ1n) is 7.03. The summed E-state index contributed by atoms with van der Waals surface area (Å²) in [5.74, 6) is 0.120. The Morgan fingerprint density at radius 3 is 2.65 bits per heavy atom. The monoisotopic (exact) mass is 273 g/mol. The first kappa shape index (κ1) is 14.6. The number of aromatic nitrogens is 1. The van der Waals surface area contributed by atoms with Crippen LogP contribution in [-0.4, -0.2) is 54.4 Å². The number of hydrogen-bond donors (Lipinski definition) is 1. The fraction of sp³-hybridized carbons (Fsp3) is 0.438. The quantitative estimate of drug-likeness (QED) is 0.875. The zero-order valence-corrected chi connectivity index (χ0v) is 12.5. The minimum atomic E-state index is 0.120. The Hall–Kier alpha value is -1.81. The fourth-order valence-electron chi connectivity index (χ4n) is 2.24. The average molecular weight is 273 g/mol. The van der Waals surface area contributed by atoms with Crippen molar-refractivity contribution in [2.75, 3.05) is 33.7 Å². The lowest BCUT2D eigenvalue weighted by Gasteiger charge is -2.21. The molecule has 0 aliphatic carbocycles. The number of benzene rings is 1. The fourth-order valence-corrected chi connectivity index (χ4v) is 2.24. The van der Waals surface area contributed by atoms with Crippen molar-refractivity contribution in [3.63, 3.8) is 0 Å². The van der Waals surface area contributed by atoms with Gasteiger partial charge in [-0.25, -0.2) is 0 Å². The molecule has 0 radical (unpaired) electrons. The van der Waals surface area contributed by atoms with Gasteiger partial charge in [0.05, 0.1) is 0 Å². The van der Waals surface area contributed by atoms with E-state index in [1.54, 1.807) is 11.8 Å². The predicted molar refractivity (Wildman–Crippen MR) is 82.8 cm³/mol. The van der Waals surface area contributed by atoms with E-state index in [1.165, 1.54) is 16.5 Å². The van der Waals surface area contributed by atoms with Crippen LogP contribution in [0.15, 0.2) is 30.5 Å². The van der Waals surface area contributed by atoms with Crippen LogP contribution in [-0.2, 0) is 11.2 Å². The van der Waals surface area contributed by atoms with Crippen LogP contribution in [0, 0.1) is 0 Å². The molecule has 2 aromatic rings. The van der Waals surface area contributed by atoms with E-state index in [0.29, 0.717) is 0 Å². The number of hydrogen-bond acceptors (Lipinski definition) is 2. The van der Waals surface area contributed by atoms with Gasteiger partial charge in [-0.05, 0) is 25.1 Å². The Morgan fingerprint density at radius 1 is 1.15 bits per heavy atom. The first-order chi connectivity index (χ1) is 9.58. The Morgan fingerprint density at radius 2 is 1.90 bits per heavy atom. The number of rotatable bonds is 6. The summed E-state index contributed by atoms with van der Waals surface area (Å²) in [6.07, 6.45) is 3.12. The van der Waals surface area contributed by atoms with Crippen molar-refractivity contribution in [1.29, 1.82) is 0 Å². The molecular weight excluding hydrogens is 250 g/mol. The molecule has 108 valence electrons. The van der Waals surface area contributed by atoms with Crippen molar-refractivity contribution in [3.05, 3.63) is 36.0 Å². The molecular formula is C16H23N3O. The largest absolute Gasteiger partial charge is 0.361 e. The summed E-state index contributed by atoms with van der Waals surface area (Å²) in [4.78, 5) is 18.5. The third-order valence-electron chi connectivity index (χ3n) is 3.79. The van der Waals surface area contributed by atoms with Crippen molar-refractivity contribution in [2.24, 2.45) is 0 Å². The minimum absolute atomic E-state index is 0.120. The van der Waals surface area contributed by atoms with Crippen LogP contribution < -0.4 is 0 Å². The van der Waals surface area contributed by atoms with Gasteiger partial charge in [0, 0.05) is 50.7 Å². The third kappa shape index (κ3) is 3.61. The van der Waals surface area contributed by atoms with Crippen LogP contribution in [0.5, 0.6) is 0 Å². The number of carbonyl (C=O) groups excluding carboxylic acids is 1. The molecule has 0 saturated carbocycles. The molecule has 1 amide bonds. The van der Waals surface area contributed by atoms with E-state index in [-0.39, 0.29) is 5.91 Å². The van der Waals surface area contributed by atoms with E-state index in [4.69, 9.17) is 0 Å². The molecule has 1 heterocycles. The molecule has 0 aliphatic rings. The van der Waals surface area contributed by atoms with Gasteiger partial charge in [0.2, 0.25) is 5.91 Å². The molecule has 1 aromatic heterocycles. The molecule has 0 spiro atoms. The second-order valence-corrected chi connectivity index (χ2v) is 5.35. The van der Waals surface area contributed by atoms with Gasteiger partial charge >= 0.3 is 0 Å². The van der Waals surface area contributed by atoms with E-state index in [1.807, 2.05) is 13.1 Å². The lowest BCUT2D eigenvalue weighted by Crippen LogP contribution is -2.34. The van der Waals surface area contributed by atoms with Crippen molar-refractivity contribution < 1.29 is 4.79 Å². The van der Waals surface area contributed by atoms with Gasteiger partial charge in [-0.3, -0.25) is 4.79 Å². The molecule has 0 fully saturated rings. The third-order valence-corrected chi connectivity index (χ3v) is 3.79. The summed E-state index contributed by atoms with van der Waals surface area (Å²) in [6.45, 7) is 4.28. The molecule has 1 aromatic carbocycles. The lowest BCUT2D eigenvalue weighted by atomic mass is 10.1. The molecule has 20 heavy (non-hydrogen) atoms. The highest BCUT2D eigenvalue weighted by Crippen LogP contribution is 2.18. The molecule has 0 aliphatic heterocycles. The van der Waals surface area contributed by atoms with Crippen LogP contribution in [0.2, 0.25) is 0 Å². The van der Waals surface area contributed by atoms with Crippen LogP contribution in [0.25, 0.3) is 10.9 Å². The zero-order chi connectivity index (χ0) is 14.5. The highest BCUT2D eigenvalue weighted by atomic mass is 16.2. The van der Waals surface area contributed by atoms with Crippen molar-refractivity contribution in [2.45, 2.75) is 13.3 Å². The Kier molecular flexibility index (Phi) is 4.79. The first-order valence-corrected chi connectivity index (χ1v) is 7.03. The molecule has 0 bridgehead atoms. The molecule has 2 rings (SSSR count). The van der Waals surface area contributed by atoms with Crippen molar-refractivity contribution >= 4 is 16.8 Å². The van der Waals surface area contributed by atoms with Gasteiger partial charge < -0.3 is 14.8 Å². The van der Waals surface area contributed by atoms with E-state index < -0.39 is 0 Å². The summed E-state index contributed by atoms with van der Waals surface area (Å²) in [7, 11) is 3.94. The number of amides is 1. The smallest absolute Gasteiger partial charge is 0.219 e. The number of nitrogens with zero attached hydrogens (tertiary/aromatic N) is 2. The normalized spacial score (nSPS) is 11.2. The van der Waals surface area contributed by atoms with Crippen LogP contribution >= 0.6 is 0 Å². The maximum absolute atomic E-state index is 11.2. The number of H-pyrrole nitrogens is 1. The summed E-state index contributed by atoms with van der Waals surface area (Å²) < 4.78 is 0. The Balaban J connectivity index is 1.84. The molecule has 4 heteroatoms. The number of nitrogens with one attached hydrogen (secondary N) is 1. The van der Waals surface area contributed by atoms with Gasteiger partial charge in [0.15, 0.2) is 0 Å². The number of para-hydroxylation sites is 1. The number of aromatic amines is 1. The molecule has 4 nitrogen and oxygen atoms in total. The zero-order valence-electron chi connectivity index (χ0n) is 12.5. The molecule has 0 saturated heterocycles. The summed E-state index contributed by atoms with van der Waals surface area (Å²) in [5.41, 5.74) is 2.55. The lowest BCUT2D eigenvalue weighted by molar-refractivity contribution is -0.127. The topological polar surface area (TPSA) is 39.3 Å². The van der Waals surface area contributed by atoms with E-state index >= 15 is 0 Å². The van der Waals surface area contributed by atoms with Gasteiger partial charge in [0.25, 0.3) is 0 Å². The van der Waals surface area contributed by atoms with Gasteiger partial charge in [-0.2, -0.15) is 0 Å². The van der Waals surface area contributed by atoms with Crippen molar-refractivity contribution in [1.82, 2.24) is 14.8 Å². The standard InChI is InChI=1S/C16H23N3O/c1-13(20)19(3)11-10-18(2)9-8-14-12-17-16-7-5-4-6-15(14)16/h4-7,12,17H,8-11H2,1-3H3. The maximum Gasteiger partial charge on any atom is 0.219 e. The van der Waals surface area contributed by atoms with E-state index in [0.717, 1.165) is 26.1 Å². The second-order valence-electron chi connectivity index (χ2n) is 5.35. The maximum atomic E-state index is 11.2. The molecule has 0 unspecified atom stereocenters. The van der Waals surface area contributed by atoms with Crippen LogP contribution in [0.3, 0.4) is 0 Å². The van der Waals surface area contributed by atoms with Crippen LogP contribution in [0.4, 0.5) is 0 Å². The predicted octanol–water partition coefficient (Wildman–Crippen LogP) is 2.12. The van der Waals surface area contributed by atoms with Gasteiger partial charge in [-0.1, -0.05) is 18.2 Å². The van der Waals surface area contributed by atoms with Gasteiger partial charge in [-0.15, -0.1) is 0 Å². The van der Waals surface area contributed by atoms with E-state index in [2.05, 4.69) is 41.3 Å². The molecule has 1 N–H and O–H groups in total. The van der Waals surface area contributed by atoms with E-state index in [9.17, 15) is 4.79 Å². The highest BCUT2D eigenvalue weighted by molar-refractivity contribution is 5.83. The van der Waals surface area contributed by atoms with Crippen molar-refractivity contribution in [3.8, 4) is 0 Å². The SMILES string of the molecule is CC(=O)N(C)CCN(C)CCc1c[nH]c2ccccc12. The Bertz CT molecular complexity index is 576. The van der Waals surface area contributed by atoms with Gasteiger partial charge in [0.1, 0.15) is 0 Å². The highest BCUT2D eigenvalue weighted by Gasteiger charge is 2.07. The summed E-state index contributed by atoms with van der Waals surface area (Å²) in [6, 6.07) is 8.38. The Labute approximate surface area is 120 Å². The van der Waals surface area contributed by atoms with Crippen LogP contribution in [0.1, 0.15) is 12.5 Å². The summed E-state index contributed by atoms with van der Waals surface area (Å²) >= 11 is 0. The summed E-state index contributed by atoms with van der Waals surface area (Å²) in [5, 5.41) is 1.31. The number of carbonyl (C=O) groups is 1. The minimum Gasteiger partial charge on any atom is -0.361 e. The number of fused-ring (bicyclic) bond motifs is 1. The number of likely N-dealkylation sites (N-methyl/N-ethyl adjacent to an activating group) is 2. The second kappa shape index (κ2) is 6.57.